The normalized spacial score (nSPS) is 12.1. The van der Waals surface area contributed by atoms with Crippen LogP contribution in [0.5, 0.6) is 0 Å². The van der Waals surface area contributed by atoms with Gasteiger partial charge in [-0.05, 0) is 47.5 Å². The maximum atomic E-state index is 6.96. The van der Waals surface area contributed by atoms with Crippen LogP contribution < -0.4 is 0 Å². The number of hydrogen-bond donors (Lipinski definition) is 0. The van der Waals surface area contributed by atoms with Crippen molar-refractivity contribution in [2.45, 2.75) is 0 Å². The summed E-state index contributed by atoms with van der Waals surface area (Å²) in [5, 5.41) is 9.42. The second-order valence-corrected chi connectivity index (χ2v) is 16.3. The van der Waals surface area contributed by atoms with Crippen molar-refractivity contribution in [2.75, 3.05) is 0 Å². The molecule has 6 heteroatoms. The van der Waals surface area contributed by atoms with Gasteiger partial charge < -0.3 is 13.4 Å². The summed E-state index contributed by atoms with van der Waals surface area (Å²) >= 11 is 0. The standard InChI is InChI=1S/C57H33N5O/c1-3-14-34(15-4-1)35-26-28-37(29-27-35)56-58-55(36-16-5-2-6-17-36)59-57(60-56)44-31-33-48(51-42-20-9-12-25-49(42)63-54(44)51)62-46-24-11-8-19-39(46)41-30-32-47-50(53(41)62)43-22-13-21-40-38-18-7-10-23-45(38)61(47)52(40)43/h1-33H. The fourth-order valence-electron chi connectivity index (χ4n) is 10.2. The number of rotatable bonds is 5. The molecule has 0 N–H and O–H groups in total. The molecule has 0 aliphatic rings. The van der Waals surface area contributed by atoms with E-state index in [2.05, 4.69) is 161 Å². The van der Waals surface area contributed by atoms with E-state index in [1.165, 1.54) is 54.4 Å². The van der Waals surface area contributed by atoms with Gasteiger partial charge >= 0.3 is 0 Å². The molecule has 0 saturated heterocycles. The second kappa shape index (κ2) is 12.9. The number of nitrogens with zero attached hydrogens (tertiary/aromatic N) is 5. The SMILES string of the molecule is c1ccc(-c2ccc(-c3nc(-c4ccccc4)nc(-c4ccc(-n5c6ccccc6c6ccc7c(c8cccc9c%10ccccc%10n7c98)c65)c5c4oc4ccccc45)n3)cc2)cc1. The summed E-state index contributed by atoms with van der Waals surface area (Å²) in [7, 11) is 0. The maximum Gasteiger partial charge on any atom is 0.167 e. The minimum Gasteiger partial charge on any atom is -0.455 e. The van der Waals surface area contributed by atoms with E-state index in [4.69, 9.17) is 19.4 Å². The molecule has 0 fully saturated rings. The number of furan rings is 1. The first-order chi connectivity index (χ1) is 31.3. The minimum absolute atomic E-state index is 0.544. The van der Waals surface area contributed by atoms with Crippen molar-refractivity contribution >= 4 is 81.8 Å². The van der Waals surface area contributed by atoms with E-state index in [1.54, 1.807) is 0 Å². The minimum atomic E-state index is 0.544. The van der Waals surface area contributed by atoms with E-state index >= 15 is 0 Å². The van der Waals surface area contributed by atoms with Crippen molar-refractivity contribution in [2.24, 2.45) is 0 Å². The van der Waals surface area contributed by atoms with Crippen molar-refractivity contribution in [1.82, 2.24) is 23.9 Å². The summed E-state index contributed by atoms with van der Waals surface area (Å²) in [5.41, 5.74) is 13.4. The lowest BCUT2D eigenvalue weighted by Gasteiger charge is -2.13. The number of aromatic nitrogens is 5. The topological polar surface area (TPSA) is 61.2 Å². The van der Waals surface area contributed by atoms with Gasteiger partial charge in [0.2, 0.25) is 0 Å². The Morgan fingerprint density at radius 2 is 0.889 bits per heavy atom. The van der Waals surface area contributed by atoms with Gasteiger partial charge in [0, 0.05) is 48.8 Å². The Morgan fingerprint density at radius 1 is 0.333 bits per heavy atom. The molecule has 0 unspecified atom stereocenters. The molecule has 63 heavy (non-hydrogen) atoms. The summed E-state index contributed by atoms with van der Waals surface area (Å²) in [6, 6.07) is 70.6. The summed E-state index contributed by atoms with van der Waals surface area (Å²) in [6.07, 6.45) is 0. The fourth-order valence-corrected chi connectivity index (χ4v) is 10.2. The zero-order valence-corrected chi connectivity index (χ0v) is 33.7. The molecule has 0 saturated carbocycles. The lowest BCUT2D eigenvalue weighted by atomic mass is 10.0. The number of fused-ring (bicyclic) bond motifs is 13. The molecule has 9 aromatic carbocycles. The van der Waals surface area contributed by atoms with Gasteiger partial charge in [0.1, 0.15) is 11.2 Å². The monoisotopic (exact) mass is 803 g/mol. The van der Waals surface area contributed by atoms with Gasteiger partial charge in [-0.25, -0.2) is 15.0 Å². The molecule has 14 rings (SSSR count). The molecule has 14 aromatic rings. The molecule has 0 radical (unpaired) electrons. The van der Waals surface area contributed by atoms with Crippen LogP contribution in [-0.2, 0) is 0 Å². The smallest absolute Gasteiger partial charge is 0.167 e. The van der Waals surface area contributed by atoms with Crippen LogP contribution in [0.2, 0.25) is 0 Å². The number of hydrogen-bond acceptors (Lipinski definition) is 4. The Morgan fingerprint density at radius 3 is 1.67 bits per heavy atom. The van der Waals surface area contributed by atoms with Crippen LogP contribution in [0.25, 0.3) is 133 Å². The third-order valence-electron chi connectivity index (χ3n) is 12.9. The summed E-state index contributed by atoms with van der Waals surface area (Å²) in [4.78, 5) is 15.5. The van der Waals surface area contributed by atoms with Crippen LogP contribution >= 0.6 is 0 Å². The van der Waals surface area contributed by atoms with Crippen LogP contribution in [0, 0.1) is 0 Å². The molecule has 292 valence electrons. The average Bonchev–Trinajstić information content (AvgIpc) is 4.11. The Kier molecular flexibility index (Phi) is 7.02. The maximum absolute atomic E-state index is 6.96. The van der Waals surface area contributed by atoms with Crippen molar-refractivity contribution in [3.05, 3.63) is 200 Å². The van der Waals surface area contributed by atoms with Gasteiger partial charge in [0.25, 0.3) is 0 Å². The van der Waals surface area contributed by atoms with Gasteiger partial charge in [-0.2, -0.15) is 0 Å². The van der Waals surface area contributed by atoms with Gasteiger partial charge in [-0.15, -0.1) is 0 Å². The van der Waals surface area contributed by atoms with Crippen molar-refractivity contribution in [3.8, 4) is 51.0 Å². The van der Waals surface area contributed by atoms with Gasteiger partial charge in [0.05, 0.1) is 44.2 Å². The molecule has 0 amide bonds. The van der Waals surface area contributed by atoms with Crippen molar-refractivity contribution in [1.29, 1.82) is 0 Å². The van der Waals surface area contributed by atoms with E-state index in [-0.39, 0.29) is 0 Å². The second-order valence-electron chi connectivity index (χ2n) is 16.3. The first-order valence-corrected chi connectivity index (χ1v) is 21.3. The predicted octanol–water partition coefficient (Wildman–Crippen LogP) is 14.7. The van der Waals surface area contributed by atoms with Gasteiger partial charge in [-0.1, -0.05) is 164 Å². The average molecular weight is 804 g/mol. The van der Waals surface area contributed by atoms with Crippen molar-refractivity contribution < 1.29 is 4.42 Å². The molecular formula is C57H33N5O. The molecule has 0 aliphatic heterocycles. The van der Waals surface area contributed by atoms with E-state index in [0.29, 0.717) is 17.5 Å². The number of benzene rings is 9. The molecule has 6 nitrogen and oxygen atoms in total. The molecule has 0 atom stereocenters. The van der Waals surface area contributed by atoms with Crippen LogP contribution in [0.1, 0.15) is 0 Å². The zero-order chi connectivity index (χ0) is 41.2. The Hall–Kier alpha value is -8.61. The summed E-state index contributed by atoms with van der Waals surface area (Å²) in [5.74, 6) is 1.73. The van der Waals surface area contributed by atoms with Gasteiger partial charge in [0.15, 0.2) is 17.5 Å². The first kappa shape index (κ1) is 34.1. The van der Waals surface area contributed by atoms with Crippen LogP contribution in [0.3, 0.4) is 0 Å². The highest BCUT2D eigenvalue weighted by molar-refractivity contribution is 6.31. The van der Waals surface area contributed by atoms with Crippen LogP contribution in [0.4, 0.5) is 0 Å². The third-order valence-corrected chi connectivity index (χ3v) is 12.9. The molecule has 0 aliphatic carbocycles. The van der Waals surface area contributed by atoms with E-state index < -0.39 is 0 Å². The quantitative estimate of drug-likeness (QED) is 0.174. The Labute approximate surface area is 359 Å². The van der Waals surface area contributed by atoms with E-state index in [0.717, 1.165) is 61.0 Å². The highest BCUT2D eigenvalue weighted by Gasteiger charge is 2.26. The molecule has 0 bridgehead atoms. The molecule has 5 heterocycles. The summed E-state index contributed by atoms with van der Waals surface area (Å²) in [6.45, 7) is 0. The number of para-hydroxylation sites is 4. The van der Waals surface area contributed by atoms with Crippen LogP contribution in [0.15, 0.2) is 205 Å². The molecule has 0 spiro atoms. The van der Waals surface area contributed by atoms with E-state index in [1.807, 2.05) is 48.5 Å². The lowest BCUT2D eigenvalue weighted by molar-refractivity contribution is 0.669. The van der Waals surface area contributed by atoms with Crippen molar-refractivity contribution in [3.63, 3.8) is 0 Å². The third kappa shape index (κ3) is 4.86. The Bertz CT molecular complexity index is 4130. The highest BCUT2D eigenvalue weighted by Crippen LogP contribution is 2.47. The Balaban J connectivity index is 1.06. The zero-order valence-electron chi connectivity index (χ0n) is 33.7. The predicted molar refractivity (Wildman–Crippen MR) is 258 cm³/mol. The summed E-state index contributed by atoms with van der Waals surface area (Å²) < 4.78 is 11.9. The molecule has 5 aromatic heterocycles. The van der Waals surface area contributed by atoms with E-state index in [9.17, 15) is 0 Å². The fraction of sp³-hybridized carbons (Fsp3) is 0. The largest absolute Gasteiger partial charge is 0.455 e. The molecular weight excluding hydrogens is 771 g/mol. The lowest BCUT2D eigenvalue weighted by Crippen LogP contribution is -2.01. The highest BCUT2D eigenvalue weighted by atomic mass is 16.3. The van der Waals surface area contributed by atoms with Gasteiger partial charge in [-0.3, -0.25) is 0 Å². The van der Waals surface area contributed by atoms with Crippen LogP contribution in [-0.4, -0.2) is 23.9 Å². The first-order valence-electron chi connectivity index (χ1n) is 21.3.